The number of nitrogens with one attached hydrogen (secondary N) is 1. The normalized spacial score (nSPS) is 11.8. The van der Waals surface area contributed by atoms with Crippen molar-refractivity contribution in [2.24, 2.45) is 0 Å². The molecule has 1 atom stereocenters. The Morgan fingerprint density at radius 3 is 2.79 bits per heavy atom. The minimum absolute atomic E-state index is 0.0120. The number of amides is 1. The summed E-state index contributed by atoms with van der Waals surface area (Å²) in [6.45, 7) is 4.73. The lowest BCUT2D eigenvalue weighted by molar-refractivity contribution is -0.123. The van der Waals surface area contributed by atoms with Gasteiger partial charge >= 0.3 is 0 Å². The standard InChI is InChI=1S/C18H25N3O2S/c1-5-13(2)15-8-6-7-9-16(15)23-11-17(22)19-10-14-12-24-18(20-14)21(3)4/h6-9,12-13H,5,10-11H2,1-4H3,(H,19,22)/t13-/m0/s1. The van der Waals surface area contributed by atoms with Crippen molar-refractivity contribution in [1.82, 2.24) is 10.3 Å². The van der Waals surface area contributed by atoms with Gasteiger partial charge in [-0.2, -0.15) is 0 Å². The van der Waals surface area contributed by atoms with Gasteiger partial charge in [-0.3, -0.25) is 4.79 Å². The van der Waals surface area contributed by atoms with E-state index in [-0.39, 0.29) is 12.5 Å². The highest BCUT2D eigenvalue weighted by molar-refractivity contribution is 7.13. The largest absolute Gasteiger partial charge is 0.483 e. The Morgan fingerprint density at radius 2 is 2.12 bits per heavy atom. The lowest BCUT2D eigenvalue weighted by Gasteiger charge is -2.15. The predicted octanol–water partition coefficient (Wildman–Crippen LogP) is 3.42. The third-order valence-corrected chi connectivity index (χ3v) is 4.87. The molecule has 130 valence electrons. The highest BCUT2D eigenvalue weighted by Crippen LogP contribution is 2.28. The molecule has 0 unspecified atom stereocenters. The molecule has 0 radical (unpaired) electrons. The molecule has 1 aromatic carbocycles. The van der Waals surface area contributed by atoms with Gasteiger partial charge in [0.25, 0.3) is 5.91 Å². The van der Waals surface area contributed by atoms with E-state index in [4.69, 9.17) is 4.74 Å². The lowest BCUT2D eigenvalue weighted by atomic mass is 9.98. The number of carbonyl (C=O) groups excluding carboxylic acids is 1. The molecule has 0 fully saturated rings. The fraction of sp³-hybridized carbons (Fsp3) is 0.444. The molecular formula is C18H25N3O2S. The van der Waals surface area contributed by atoms with E-state index in [2.05, 4.69) is 30.2 Å². The van der Waals surface area contributed by atoms with Crippen LogP contribution in [0.15, 0.2) is 29.6 Å². The first-order valence-electron chi connectivity index (χ1n) is 8.11. The summed E-state index contributed by atoms with van der Waals surface area (Å²) in [7, 11) is 3.90. The summed E-state index contributed by atoms with van der Waals surface area (Å²) in [6.07, 6.45) is 1.03. The van der Waals surface area contributed by atoms with Crippen LogP contribution in [0.4, 0.5) is 5.13 Å². The quantitative estimate of drug-likeness (QED) is 0.795. The van der Waals surface area contributed by atoms with Gasteiger partial charge in [0, 0.05) is 19.5 Å². The van der Waals surface area contributed by atoms with Crippen molar-refractivity contribution < 1.29 is 9.53 Å². The van der Waals surface area contributed by atoms with Gasteiger partial charge in [0.1, 0.15) is 5.75 Å². The molecule has 0 aliphatic rings. The Hall–Kier alpha value is -2.08. The van der Waals surface area contributed by atoms with E-state index in [1.807, 2.05) is 42.6 Å². The van der Waals surface area contributed by atoms with Crippen LogP contribution in [0.1, 0.15) is 37.4 Å². The van der Waals surface area contributed by atoms with Gasteiger partial charge in [-0.25, -0.2) is 4.98 Å². The van der Waals surface area contributed by atoms with Gasteiger partial charge in [-0.05, 0) is 24.0 Å². The summed E-state index contributed by atoms with van der Waals surface area (Å²) < 4.78 is 5.72. The Balaban J connectivity index is 1.85. The molecule has 2 aromatic rings. The van der Waals surface area contributed by atoms with Crippen LogP contribution in [-0.2, 0) is 11.3 Å². The molecule has 0 saturated carbocycles. The van der Waals surface area contributed by atoms with E-state index >= 15 is 0 Å². The van der Waals surface area contributed by atoms with Gasteiger partial charge in [0.15, 0.2) is 11.7 Å². The molecule has 0 aliphatic carbocycles. The molecular weight excluding hydrogens is 322 g/mol. The maximum atomic E-state index is 12.0. The fourth-order valence-electron chi connectivity index (χ4n) is 2.21. The second-order valence-corrected chi connectivity index (χ2v) is 6.76. The number of ether oxygens (including phenoxy) is 1. The lowest BCUT2D eigenvalue weighted by Crippen LogP contribution is -2.28. The van der Waals surface area contributed by atoms with Gasteiger partial charge in [0.2, 0.25) is 0 Å². The van der Waals surface area contributed by atoms with Crippen molar-refractivity contribution >= 4 is 22.4 Å². The van der Waals surface area contributed by atoms with Gasteiger partial charge in [0.05, 0.1) is 12.2 Å². The van der Waals surface area contributed by atoms with Crippen LogP contribution >= 0.6 is 11.3 Å². The number of rotatable bonds is 8. The third kappa shape index (κ3) is 4.96. The van der Waals surface area contributed by atoms with Crippen LogP contribution in [0.2, 0.25) is 0 Å². The van der Waals surface area contributed by atoms with Gasteiger partial charge in [-0.15, -0.1) is 11.3 Å². The summed E-state index contributed by atoms with van der Waals surface area (Å²) in [4.78, 5) is 18.4. The zero-order chi connectivity index (χ0) is 17.5. The van der Waals surface area contributed by atoms with Crippen molar-refractivity contribution in [2.75, 3.05) is 25.6 Å². The van der Waals surface area contributed by atoms with Gasteiger partial charge in [-0.1, -0.05) is 32.0 Å². The zero-order valence-electron chi connectivity index (χ0n) is 14.7. The Kier molecular flexibility index (Phi) is 6.61. The minimum Gasteiger partial charge on any atom is -0.483 e. The second kappa shape index (κ2) is 8.68. The van der Waals surface area contributed by atoms with E-state index < -0.39 is 0 Å². The summed E-state index contributed by atoms with van der Waals surface area (Å²) in [6, 6.07) is 7.90. The van der Waals surface area contributed by atoms with Crippen molar-refractivity contribution in [2.45, 2.75) is 32.7 Å². The van der Waals surface area contributed by atoms with Crippen LogP contribution in [0.3, 0.4) is 0 Å². The fourth-order valence-corrected chi connectivity index (χ4v) is 2.96. The molecule has 24 heavy (non-hydrogen) atoms. The summed E-state index contributed by atoms with van der Waals surface area (Å²) >= 11 is 1.56. The number of hydrogen-bond donors (Lipinski definition) is 1. The van der Waals surface area contributed by atoms with E-state index in [0.717, 1.165) is 28.6 Å². The molecule has 2 rings (SSSR count). The van der Waals surface area contributed by atoms with E-state index in [1.165, 1.54) is 0 Å². The van der Waals surface area contributed by atoms with Gasteiger partial charge < -0.3 is 15.0 Å². The number of hydrogen-bond acceptors (Lipinski definition) is 5. The monoisotopic (exact) mass is 347 g/mol. The average molecular weight is 347 g/mol. The number of anilines is 1. The molecule has 0 bridgehead atoms. The Labute approximate surface area is 147 Å². The minimum atomic E-state index is -0.145. The first kappa shape index (κ1) is 18.3. The maximum absolute atomic E-state index is 12.0. The predicted molar refractivity (Wildman–Crippen MR) is 98.9 cm³/mol. The SMILES string of the molecule is CC[C@H](C)c1ccccc1OCC(=O)NCc1csc(N(C)C)n1. The van der Waals surface area contributed by atoms with Crippen molar-refractivity contribution in [3.8, 4) is 5.75 Å². The molecule has 1 heterocycles. The van der Waals surface area contributed by atoms with Crippen LogP contribution in [0, 0.1) is 0 Å². The van der Waals surface area contributed by atoms with Crippen molar-refractivity contribution in [3.05, 3.63) is 40.9 Å². The average Bonchev–Trinajstić information content (AvgIpc) is 3.07. The van der Waals surface area contributed by atoms with E-state index in [1.54, 1.807) is 11.3 Å². The summed E-state index contributed by atoms with van der Waals surface area (Å²) in [5.74, 6) is 1.04. The topological polar surface area (TPSA) is 54.5 Å². The highest BCUT2D eigenvalue weighted by Gasteiger charge is 2.11. The Bertz CT molecular complexity index is 670. The smallest absolute Gasteiger partial charge is 0.258 e. The molecule has 1 N–H and O–H groups in total. The number of thiazole rings is 1. The van der Waals surface area contributed by atoms with Crippen LogP contribution < -0.4 is 15.0 Å². The van der Waals surface area contributed by atoms with E-state index in [9.17, 15) is 4.79 Å². The van der Waals surface area contributed by atoms with Crippen LogP contribution in [-0.4, -0.2) is 31.6 Å². The summed E-state index contributed by atoms with van der Waals surface area (Å²) in [5.41, 5.74) is 2.00. The number of para-hydroxylation sites is 1. The van der Waals surface area contributed by atoms with Crippen molar-refractivity contribution in [1.29, 1.82) is 0 Å². The molecule has 0 aliphatic heterocycles. The number of nitrogens with zero attached hydrogens (tertiary/aromatic N) is 2. The molecule has 1 aromatic heterocycles. The number of aromatic nitrogens is 1. The first-order chi connectivity index (χ1) is 11.5. The van der Waals surface area contributed by atoms with Crippen LogP contribution in [0.25, 0.3) is 0 Å². The maximum Gasteiger partial charge on any atom is 0.258 e. The van der Waals surface area contributed by atoms with Crippen LogP contribution in [0.5, 0.6) is 5.75 Å². The third-order valence-electron chi connectivity index (χ3n) is 3.81. The second-order valence-electron chi connectivity index (χ2n) is 5.93. The van der Waals surface area contributed by atoms with E-state index in [0.29, 0.717) is 12.5 Å². The Morgan fingerprint density at radius 1 is 1.38 bits per heavy atom. The van der Waals surface area contributed by atoms with Crippen molar-refractivity contribution in [3.63, 3.8) is 0 Å². The number of benzene rings is 1. The number of carbonyl (C=O) groups is 1. The first-order valence-corrected chi connectivity index (χ1v) is 8.99. The molecule has 0 spiro atoms. The zero-order valence-corrected chi connectivity index (χ0v) is 15.5. The molecule has 0 saturated heterocycles. The molecule has 5 nitrogen and oxygen atoms in total. The summed E-state index contributed by atoms with van der Waals surface area (Å²) in [5, 5.41) is 5.73. The highest BCUT2D eigenvalue weighted by atomic mass is 32.1. The molecule has 6 heteroatoms. The molecule has 1 amide bonds.